The lowest BCUT2D eigenvalue weighted by Crippen LogP contribution is -2.48. The van der Waals surface area contributed by atoms with Gasteiger partial charge in [0.15, 0.2) is 0 Å². The van der Waals surface area contributed by atoms with E-state index >= 15 is 0 Å². The summed E-state index contributed by atoms with van der Waals surface area (Å²) < 4.78 is 3.18. The summed E-state index contributed by atoms with van der Waals surface area (Å²) in [6.07, 6.45) is 2.01. The molecule has 1 aliphatic heterocycles. The van der Waals surface area contributed by atoms with Gasteiger partial charge in [-0.2, -0.15) is 10.2 Å². The summed E-state index contributed by atoms with van der Waals surface area (Å²) >= 11 is 0. The SMILES string of the molecule is Cc1nn(C)cc1CN1CCN(C(=O)c2nn(C)c(C)c2[N+](=O)[O-])CC1. The molecule has 0 atom stereocenters. The van der Waals surface area contributed by atoms with E-state index in [9.17, 15) is 14.9 Å². The Morgan fingerprint density at radius 1 is 1.19 bits per heavy atom. The van der Waals surface area contributed by atoms with Crippen molar-refractivity contribution in [3.05, 3.63) is 39.0 Å². The van der Waals surface area contributed by atoms with Crippen molar-refractivity contribution in [3.63, 3.8) is 0 Å². The van der Waals surface area contributed by atoms with E-state index in [0.29, 0.717) is 31.9 Å². The molecule has 10 heteroatoms. The van der Waals surface area contributed by atoms with Gasteiger partial charge in [-0.15, -0.1) is 0 Å². The molecule has 1 saturated heterocycles. The number of carbonyl (C=O) groups excluding carboxylic acids is 1. The van der Waals surface area contributed by atoms with Crippen LogP contribution in [0.3, 0.4) is 0 Å². The van der Waals surface area contributed by atoms with Crippen molar-refractivity contribution >= 4 is 11.6 Å². The third kappa shape index (κ3) is 3.32. The summed E-state index contributed by atoms with van der Waals surface area (Å²) in [5.41, 5.74) is 2.27. The number of aryl methyl sites for hydroxylation is 3. The number of aromatic nitrogens is 4. The average Bonchev–Trinajstić information content (AvgIpc) is 3.06. The van der Waals surface area contributed by atoms with Gasteiger partial charge in [0.25, 0.3) is 5.91 Å². The van der Waals surface area contributed by atoms with Crippen LogP contribution < -0.4 is 0 Å². The van der Waals surface area contributed by atoms with Gasteiger partial charge in [-0.1, -0.05) is 0 Å². The van der Waals surface area contributed by atoms with Gasteiger partial charge < -0.3 is 4.90 Å². The number of amides is 1. The molecule has 2 aromatic rings. The Labute approximate surface area is 151 Å². The first-order chi connectivity index (χ1) is 12.3. The quantitative estimate of drug-likeness (QED) is 0.585. The van der Waals surface area contributed by atoms with E-state index in [1.54, 1.807) is 23.6 Å². The highest BCUT2D eigenvalue weighted by Gasteiger charge is 2.33. The number of carbonyl (C=O) groups is 1. The zero-order chi connectivity index (χ0) is 19.0. The van der Waals surface area contributed by atoms with Crippen molar-refractivity contribution in [1.29, 1.82) is 0 Å². The Morgan fingerprint density at radius 3 is 2.38 bits per heavy atom. The molecule has 26 heavy (non-hydrogen) atoms. The molecule has 1 aliphatic rings. The van der Waals surface area contributed by atoms with E-state index < -0.39 is 4.92 Å². The van der Waals surface area contributed by atoms with Crippen molar-refractivity contribution in [2.24, 2.45) is 14.1 Å². The van der Waals surface area contributed by atoms with Crippen molar-refractivity contribution in [2.45, 2.75) is 20.4 Å². The summed E-state index contributed by atoms with van der Waals surface area (Å²) in [7, 11) is 3.50. The maximum absolute atomic E-state index is 12.7. The molecule has 10 nitrogen and oxygen atoms in total. The molecule has 0 aromatic carbocycles. The van der Waals surface area contributed by atoms with E-state index in [-0.39, 0.29) is 17.3 Å². The second-order valence-electron chi connectivity index (χ2n) is 6.65. The second kappa shape index (κ2) is 6.87. The Hall–Kier alpha value is -2.75. The zero-order valence-corrected chi connectivity index (χ0v) is 15.5. The van der Waals surface area contributed by atoms with Crippen molar-refractivity contribution in [2.75, 3.05) is 26.2 Å². The lowest BCUT2D eigenvalue weighted by molar-refractivity contribution is -0.385. The smallest absolute Gasteiger partial charge is 0.322 e. The average molecular weight is 361 g/mol. The van der Waals surface area contributed by atoms with E-state index in [1.165, 1.54) is 10.2 Å². The largest absolute Gasteiger partial charge is 0.334 e. The molecule has 0 spiro atoms. The van der Waals surface area contributed by atoms with Crippen LogP contribution in [-0.4, -0.2) is 66.4 Å². The topological polar surface area (TPSA) is 102 Å². The molecule has 0 aliphatic carbocycles. The van der Waals surface area contributed by atoms with Crippen LogP contribution in [0.5, 0.6) is 0 Å². The van der Waals surface area contributed by atoms with Gasteiger partial charge in [-0.05, 0) is 13.8 Å². The van der Waals surface area contributed by atoms with Gasteiger partial charge >= 0.3 is 5.69 Å². The first-order valence-corrected chi connectivity index (χ1v) is 8.46. The molecule has 3 rings (SSSR count). The maximum atomic E-state index is 12.7. The summed E-state index contributed by atoms with van der Waals surface area (Å²) in [4.78, 5) is 27.4. The lowest BCUT2D eigenvalue weighted by atomic mass is 10.2. The second-order valence-corrected chi connectivity index (χ2v) is 6.65. The minimum atomic E-state index is -0.531. The Kier molecular flexibility index (Phi) is 4.77. The van der Waals surface area contributed by atoms with Crippen LogP contribution in [0.15, 0.2) is 6.20 Å². The molecule has 1 amide bonds. The molecule has 0 unspecified atom stereocenters. The summed E-state index contributed by atoms with van der Waals surface area (Å²) in [6, 6.07) is 0. The highest BCUT2D eigenvalue weighted by atomic mass is 16.6. The van der Waals surface area contributed by atoms with E-state index in [0.717, 1.165) is 12.2 Å². The van der Waals surface area contributed by atoms with E-state index in [2.05, 4.69) is 15.1 Å². The Morgan fingerprint density at radius 2 is 1.85 bits per heavy atom. The van der Waals surface area contributed by atoms with Crippen molar-refractivity contribution in [1.82, 2.24) is 29.4 Å². The molecular formula is C16H23N7O3. The van der Waals surface area contributed by atoms with Crippen LogP contribution in [-0.2, 0) is 20.6 Å². The molecule has 0 N–H and O–H groups in total. The van der Waals surface area contributed by atoms with Crippen LogP contribution in [0.4, 0.5) is 5.69 Å². The zero-order valence-electron chi connectivity index (χ0n) is 15.5. The summed E-state index contributed by atoms with van der Waals surface area (Å²) in [5.74, 6) is -0.377. The lowest BCUT2D eigenvalue weighted by Gasteiger charge is -2.34. The summed E-state index contributed by atoms with van der Waals surface area (Å²) in [5, 5.41) is 19.7. The van der Waals surface area contributed by atoms with Gasteiger partial charge in [0.2, 0.25) is 5.69 Å². The molecule has 3 heterocycles. The van der Waals surface area contributed by atoms with Crippen molar-refractivity contribution in [3.8, 4) is 0 Å². The van der Waals surface area contributed by atoms with Crippen LogP contribution in [0.2, 0.25) is 0 Å². The molecule has 140 valence electrons. The number of hydrogen-bond acceptors (Lipinski definition) is 6. The fraction of sp³-hybridized carbons (Fsp3) is 0.562. The molecule has 1 fully saturated rings. The normalized spacial score (nSPS) is 15.5. The standard InChI is InChI=1S/C16H23N7O3/c1-11-13(9-19(3)17-11)10-21-5-7-22(8-6-21)16(24)14-15(23(25)26)12(2)20(4)18-14/h9H,5-8,10H2,1-4H3. The van der Waals surface area contributed by atoms with E-state index in [4.69, 9.17) is 0 Å². The molecule has 0 radical (unpaired) electrons. The van der Waals surface area contributed by atoms with Gasteiger partial charge in [0.05, 0.1) is 10.6 Å². The van der Waals surface area contributed by atoms with Gasteiger partial charge in [0, 0.05) is 58.6 Å². The maximum Gasteiger partial charge on any atom is 0.322 e. The predicted octanol–water partition coefficient (Wildman–Crippen LogP) is 0.637. The molecular weight excluding hydrogens is 338 g/mol. The highest BCUT2D eigenvalue weighted by Crippen LogP contribution is 2.24. The van der Waals surface area contributed by atoms with Gasteiger partial charge in [-0.25, -0.2) is 0 Å². The first kappa shape index (κ1) is 18.1. The molecule has 2 aromatic heterocycles. The number of piperazine rings is 1. The third-order valence-corrected chi connectivity index (χ3v) is 4.86. The van der Waals surface area contributed by atoms with Gasteiger partial charge in [-0.3, -0.25) is 29.2 Å². The predicted molar refractivity (Wildman–Crippen MR) is 93.7 cm³/mol. The van der Waals surface area contributed by atoms with Crippen molar-refractivity contribution < 1.29 is 9.72 Å². The summed E-state index contributed by atoms with van der Waals surface area (Å²) in [6.45, 7) is 6.81. The number of nitrogens with zero attached hydrogens (tertiary/aromatic N) is 7. The Bertz CT molecular complexity index is 846. The number of hydrogen-bond donors (Lipinski definition) is 0. The monoisotopic (exact) mass is 361 g/mol. The molecule has 0 saturated carbocycles. The van der Waals surface area contributed by atoms with Crippen LogP contribution >= 0.6 is 0 Å². The highest BCUT2D eigenvalue weighted by molar-refractivity contribution is 5.96. The third-order valence-electron chi connectivity index (χ3n) is 4.86. The van der Waals surface area contributed by atoms with Gasteiger partial charge in [0.1, 0.15) is 5.69 Å². The molecule has 0 bridgehead atoms. The van der Waals surface area contributed by atoms with Crippen LogP contribution in [0, 0.1) is 24.0 Å². The number of rotatable bonds is 4. The minimum Gasteiger partial charge on any atom is -0.334 e. The fourth-order valence-corrected chi connectivity index (χ4v) is 3.26. The Balaban J connectivity index is 1.67. The first-order valence-electron chi connectivity index (χ1n) is 8.46. The van der Waals surface area contributed by atoms with Crippen LogP contribution in [0.25, 0.3) is 0 Å². The number of nitro groups is 1. The minimum absolute atomic E-state index is 0.0773. The van der Waals surface area contributed by atoms with E-state index in [1.807, 2.05) is 20.2 Å². The fourth-order valence-electron chi connectivity index (χ4n) is 3.26. The van der Waals surface area contributed by atoms with Crippen LogP contribution in [0.1, 0.15) is 27.4 Å².